The van der Waals surface area contributed by atoms with Crippen molar-refractivity contribution in [3.63, 3.8) is 0 Å². The number of rotatable bonds is 3. The molecule has 0 unspecified atom stereocenters. The first kappa shape index (κ1) is 9.21. The summed E-state index contributed by atoms with van der Waals surface area (Å²) >= 11 is 0. The lowest BCUT2D eigenvalue weighted by molar-refractivity contribution is 0.856. The van der Waals surface area contributed by atoms with Crippen LogP contribution in [0.2, 0.25) is 0 Å². The van der Waals surface area contributed by atoms with Crippen LogP contribution in [0.4, 0.5) is 0 Å². The quantitative estimate of drug-likeness (QED) is 0.591. The third kappa shape index (κ3) is 4.13. The number of hydrogen-bond acceptors (Lipinski definition) is 2. The Labute approximate surface area is 63.0 Å². The largest absolute Gasteiger partial charge is 0.389 e. The van der Waals surface area contributed by atoms with Gasteiger partial charge in [-0.25, -0.2) is 0 Å². The normalized spacial score (nSPS) is 13.6. The zero-order valence-electron chi connectivity index (χ0n) is 7.23. The Morgan fingerprint density at radius 1 is 1.50 bits per heavy atom. The van der Waals surface area contributed by atoms with Gasteiger partial charge in [-0.3, -0.25) is 4.99 Å². The topological polar surface area (TPSA) is 24.4 Å². The maximum absolute atomic E-state index is 4.01. The second-order valence-electron chi connectivity index (χ2n) is 2.22. The number of nitrogens with one attached hydrogen (secondary N) is 1. The fourth-order valence-corrected chi connectivity index (χ4v) is 0.708. The van der Waals surface area contributed by atoms with Crippen LogP contribution in [0.3, 0.4) is 0 Å². The predicted octanol–water partition coefficient (Wildman–Crippen LogP) is 1.59. The zero-order chi connectivity index (χ0) is 7.98. The van der Waals surface area contributed by atoms with Crippen LogP contribution in [0, 0.1) is 0 Å². The van der Waals surface area contributed by atoms with Crippen molar-refractivity contribution in [2.75, 3.05) is 13.6 Å². The van der Waals surface area contributed by atoms with E-state index in [-0.39, 0.29) is 0 Å². The molecule has 0 saturated heterocycles. The summed E-state index contributed by atoms with van der Waals surface area (Å²) < 4.78 is 0. The average Bonchev–Trinajstić information content (AvgIpc) is 1.88. The van der Waals surface area contributed by atoms with Crippen molar-refractivity contribution < 1.29 is 0 Å². The second kappa shape index (κ2) is 5.03. The molecule has 0 fully saturated rings. The van der Waals surface area contributed by atoms with Crippen LogP contribution in [0.15, 0.2) is 16.8 Å². The van der Waals surface area contributed by atoms with Gasteiger partial charge in [-0.1, -0.05) is 0 Å². The highest BCUT2D eigenvalue weighted by molar-refractivity contribution is 5.93. The van der Waals surface area contributed by atoms with Crippen LogP contribution in [0.5, 0.6) is 0 Å². The van der Waals surface area contributed by atoms with Crippen LogP contribution in [0.1, 0.15) is 20.8 Å². The highest BCUT2D eigenvalue weighted by atomic mass is 14.9. The monoisotopic (exact) mass is 140 g/mol. The summed E-state index contributed by atoms with van der Waals surface area (Å²) in [6, 6.07) is 0. The molecule has 0 bridgehead atoms. The molecule has 0 aromatic carbocycles. The Morgan fingerprint density at radius 3 is 2.50 bits per heavy atom. The van der Waals surface area contributed by atoms with Gasteiger partial charge in [-0.05, 0) is 26.8 Å². The van der Waals surface area contributed by atoms with Crippen molar-refractivity contribution >= 4 is 5.71 Å². The Balaban J connectivity index is 3.90. The molecule has 0 heterocycles. The van der Waals surface area contributed by atoms with E-state index in [1.165, 1.54) is 5.70 Å². The first-order valence-electron chi connectivity index (χ1n) is 3.56. The van der Waals surface area contributed by atoms with Crippen molar-refractivity contribution in [3.8, 4) is 0 Å². The molecule has 0 aromatic heterocycles. The van der Waals surface area contributed by atoms with Crippen molar-refractivity contribution in [2.24, 2.45) is 4.99 Å². The molecule has 0 aromatic rings. The molecule has 0 atom stereocenters. The Morgan fingerprint density at radius 2 is 2.10 bits per heavy atom. The average molecular weight is 140 g/mol. The van der Waals surface area contributed by atoms with Gasteiger partial charge in [-0.2, -0.15) is 0 Å². The first-order valence-corrected chi connectivity index (χ1v) is 3.56. The van der Waals surface area contributed by atoms with Gasteiger partial charge < -0.3 is 5.32 Å². The molecule has 0 spiro atoms. The highest BCUT2D eigenvalue weighted by Crippen LogP contribution is 1.87. The summed E-state index contributed by atoms with van der Waals surface area (Å²) in [6.45, 7) is 7.08. The van der Waals surface area contributed by atoms with Gasteiger partial charge in [0.25, 0.3) is 0 Å². The van der Waals surface area contributed by atoms with Crippen molar-refractivity contribution in [3.05, 3.63) is 11.8 Å². The Bertz CT molecular complexity index is 145. The van der Waals surface area contributed by atoms with E-state index >= 15 is 0 Å². The standard InChI is InChI=1S/C8H16N2/c1-5-10-8(3)6-7(2)9-4/h6,10H,5H2,1-4H3. The van der Waals surface area contributed by atoms with Crippen molar-refractivity contribution in [2.45, 2.75) is 20.8 Å². The summed E-state index contributed by atoms with van der Waals surface area (Å²) in [5, 5.41) is 3.19. The second-order valence-corrected chi connectivity index (χ2v) is 2.22. The maximum atomic E-state index is 4.01. The van der Waals surface area contributed by atoms with E-state index in [1.54, 1.807) is 7.05 Å². The van der Waals surface area contributed by atoms with Gasteiger partial charge in [0.2, 0.25) is 0 Å². The van der Waals surface area contributed by atoms with Gasteiger partial charge >= 0.3 is 0 Å². The van der Waals surface area contributed by atoms with E-state index in [1.807, 2.05) is 19.9 Å². The predicted molar refractivity (Wildman–Crippen MR) is 46.5 cm³/mol. The van der Waals surface area contributed by atoms with E-state index in [4.69, 9.17) is 0 Å². The molecular weight excluding hydrogens is 124 g/mol. The lowest BCUT2D eigenvalue weighted by Crippen LogP contribution is -2.10. The highest BCUT2D eigenvalue weighted by Gasteiger charge is 1.85. The van der Waals surface area contributed by atoms with E-state index in [9.17, 15) is 0 Å². The van der Waals surface area contributed by atoms with Crippen LogP contribution in [-0.4, -0.2) is 19.3 Å². The van der Waals surface area contributed by atoms with Gasteiger partial charge in [0.05, 0.1) is 0 Å². The van der Waals surface area contributed by atoms with E-state index in [0.717, 1.165) is 12.3 Å². The molecule has 10 heavy (non-hydrogen) atoms. The summed E-state index contributed by atoms with van der Waals surface area (Å²) in [5.41, 5.74) is 2.23. The summed E-state index contributed by atoms with van der Waals surface area (Å²) in [6.07, 6.45) is 2.03. The lowest BCUT2D eigenvalue weighted by atomic mass is 10.3. The van der Waals surface area contributed by atoms with Crippen LogP contribution < -0.4 is 5.32 Å². The summed E-state index contributed by atoms with van der Waals surface area (Å²) in [5.74, 6) is 0. The minimum absolute atomic E-state index is 0.972. The number of allylic oxidation sites excluding steroid dienone is 2. The lowest BCUT2D eigenvalue weighted by Gasteiger charge is -2.00. The molecule has 0 aliphatic rings. The Kier molecular flexibility index (Phi) is 4.63. The third-order valence-corrected chi connectivity index (χ3v) is 1.23. The van der Waals surface area contributed by atoms with Gasteiger partial charge in [-0.15, -0.1) is 0 Å². The minimum Gasteiger partial charge on any atom is -0.389 e. The molecule has 2 heteroatoms. The number of aliphatic imine (C=N–C) groups is 1. The SMILES string of the molecule is CCNC(C)=CC(C)=NC. The van der Waals surface area contributed by atoms with Crippen LogP contribution in [-0.2, 0) is 0 Å². The first-order chi connectivity index (χ1) is 4.70. The van der Waals surface area contributed by atoms with Gasteiger partial charge in [0, 0.05) is 25.0 Å². The number of nitrogens with zero attached hydrogens (tertiary/aromatic N) is 1. The molecule has 0 saturated carbocycles. The molecule has 58 valence electrons. The van der Waals surface area contributed by atoms with Crippen LogP contribution in [0.25, 0.3) is 0 Å². The Hall–Kier alpha value is -0.790. The van der Waals surface area contributed by atoms with E-state index in [2.05, 4.69) is 17.2 Å². The van der Waals surface area contributed by atoms with Gasteiger partial charge in [0.15, 0.2) is 0 Å². The summed E-state index contributed by atoms with van der Waals surface area (Å²) in [7, 11) is 1.80. The van der Waals surface area contributed by atoms with Crippen LogP contribution >= 0.6 is 0 Å². The molecule has 0 aliphatic carbocycles. The fourth-order valence-electron chi connectivity index (χ4n) is 0.708. The van der Waals surface area contributed by atoms with Gasteiger partial charge in [0.1, 0.15) is 0 Å². The molecule has 2 nitrogen and oxygen atoms in total. The molecule has 0 amide bonds. The third-order valence-electron chi connectivity index (χ3n) is 1.23. The molecular formula is C8H16N2. The minimum atomic E-state index is 0.972. The van der Waals surface area contributed by atoms with Crippen molar-refractivity contribution in [1.29, 1.82) is 0 Å². The molecule has 0 rings (SSSR count). The van der Waals surface area contributed by atoms with E-state index in [0.29, 0.717) is 0 Å². The molecule has 0 aliphatic heterocycles. The smallest absolute Gasteiger partial charge is 0.0330 e. The van der Waals surface area contributed by atoms with E-state index < -0.39 is 0 Å². The summed E-state index contributed by atoms with van der Waals surface area (Å²) in [4.78, 5) is 4.01. The molecule has 1 N–H and O–H groups in total. The molecule has 0 radical (unpaired) electrons. The fraction of sp³-hybridized carbons (Fsp3) is 0.625. The van der Waals surface area contributed by atoms with Crippen molar-refractivity contribution in [1.82, 2.24) is 5.32 Å². The number of hydrogen-bond donors (Lipinski definition) is 1. The maximum Gasteiger partial charge on any atom is 0.0330 e. The zero-order valence-corrected chi connectivity index (χ0v) is 7.23.